The van der Waals surface area contributed by atoms with Gasteiger partial charge in [0.2, 0.25) is 0 Å². The maximum Gasteiger partial charge on any atom is 0.521 e. The Morgan fingerprint density at radius 2 is 1.47 bits per heavy atom. The molecule has 1 aliphatic carbocycles. The molecule has 1 saturated carbocycles. The molecule has 0 spiro atoms. The molecule has 3 rings (SSSR count). The third-order valence-electron chi connectivity index (χ3n) is 3.54. The summed E-state index contributed by atoms with van der Waals surface area (Å²) in [6.45, 7) is 0. The molecule has 0 bridgehead atoms. The van der Waals surface area contributed by atoms with Crippen molar-refractivity contribution >= 4 is 5.97 Å². The van der Waals surface area contributed by atoms with E-state index in [0.717, 1.165) is 0 Å². The van der Waals surface area contributed by atoms with Crippen LogP contribution in [0.4, 0.5) is 0 Å². The lowest BCUT2D eigenvalue weighted by Gasteiger charge is -2.33. The van der Waals surface area contributed by atoms with E-state index < -0.39 is 36.6 Å². The Morgan fingerprint density at radius 1 is 0.842 bits per heavy atom. The zero-order chi connectivity index (χ0) is 13.6. The summed E-state index contributed by atoms with van der Waals surface area (Å²) >= 11 is 0. The molecule has 6 nitrogen and oxygen atoms in total. The molecule has 1 heterocycles. The van der Waals surface area contributed by atoms with Crippen molar-refractivity contribution in [1.29, 1.82) is 0 Å². The number of carbonyl (C=O) groups excluding carboxylic acids is 1. The molecule has 6 atom stereocenters. The Morgan fingerprint density at radius 3 is 2.16 bits per heavy atom. The number of ether oxygens (including phenoxy) is 1. The number of fused-ring (bicyclic) bond motifs is 1. The minimum absolute atomic E-state index is 0.176. The predicted octanol–water partition coefficient (Wildman–Crippen LogP) is -1.41. The molecule has 0 radical (unpaired) electrons. The largest absolute Gasteiger partial charge is 0.521 e. The van der Waals surface area contributed by atoms with Gasteiger partial charge in [0.15, 0.2) is 12.2 Å². The van der Waals surface area contributed by atoms with Crippen LogP contribution < -0.4 is 0 Å². The Hall–Kier alpha value is -1.47. The first-order chi connectivity index (χ1) is 9.09. The average Bonchev–Trinajstić information content (AvgIpc) is 2.89. The highest BCUT2D eigenvalue weighted by atomic mass is 16.6. The Kier molecular flexibility index (Phi) is 3.02. The number of aliphatic hydroxyl groups is 4. The highest BCUT2D eigenvalue weighted by molar-refractivity contribution is 5.90. The van der Waals surface area contributed by atoms with Gasteiger partial charge in [-0.05, 0) is 12.1 Å². The number of rotatable bonds is 1. The standard InChI is InChI=1S/C13H15O6/c14-7-8(15)10(17)12-11(9(7)16)18-13(19-12)6-4-2-1-3-5-6/h1-5,7-12,14-17H/q+1/t7-,8-,9+,10+,11-,12+/m0/s1. The summed E-state index contributed by atoms with van der Waals surface area (Å²) in [6, 6.07) is 8.96. The summed E-state index contributed by atoms with van der Waals surface area (Å²) in [6.07, 6.45) is -7.36. The van der Waals surface area contributed by atoms with Crippen LogP contribution in [0.5, 0.6) is 0 Å². The van der Waals surface area contributed by atoms with Gasteiger partial charge < -0.3 is 29.6 Å². The van der Waals surface area contributed by atoms with Crippen LogP contribution in [0.3, 0.4) is 0 Å². The second-order valence-electron chi connectivity index (χ2n) is 4.78. The third kappa shape index (κ3) is 1.93. The van der Waals surface area contributed by atoms with Crippen LogP contribution in [0.15, 0.2) is 30.3 Å². The van der Waals surface area contributed by atoms with Crippen LogP contribution in [0, 0.1) is 0 Å². The first-order valence-electron chi connectivity index (χ1n) is 6.07. The summed E-state index contributed by atoms with van der Waals surface area (Å²) in [4.78, 5) is 0. The van der Waals surface area contributed by atoms with E-state index in [0.29, 0.717) is 5.56 Å². The van der Waals surface area contributed by atoms with Crippen molar-refractivity contribution in [3.05, 3.63) is 35.9 Å². The van der Waals surface area contributed by atoms with Crippen LogP contribution in [0.1, 0.15) is 9.99 Å². The minimum atomic E-state index is -1.46. The second kappa shape index (κ2) is 4.57. The lowest BCUT2D eigenvalue weighted by molar-refractivity contribution is -0.372. The van der Waals surface area contributed by atoms with E-state index in [-0.39, 0.29) is 5.97 Å². The van der Waals surface area contributed by atoms with Crippen LogP contribution in [-0.4, -0.2) is 63.0 Å². The van der Waals surface area contributed by atoms with Crippen molar-refractivity contribution in [2.75, 3.05) is 0 Å². The van der Waals surface area contributed by atoms with Crippen molar-refractivity contribution in [2.24, 2.45) is 0 Å². The molecule has 4 N–H and O–H groups in total. The zero-order valence-electron chi connectivity index (χ0n) is 9.96. The first-order valence-corrected chi connectivity index (χ1v) is 6.07. The molecule has 0 saturated heterocycles. The lowest BCUT2D eigenvalue weighted by atomic mass is 9.85. The quantitative estimate of drug-likeness (QED) is 0.370. The van der Waals surface area contributed by atoms with Gasteiger partial charge in [-0.3, -0.25) is 0 Å². The summed E-state index contributed by atoms with van der Waals surface area (Å²) in [5.74, 6) is 0.176. The predicted molar refractivity (Wildman–Crippen MR) is 63.5 cm³/mol. The molecule has 2 aliphatic rings. The molecule has 1 aliphatic heterocycles. The van der Waals surface area contributed by atoms with Crippen molar-refractivity contribution in [1.82, 2.24) is 0 Å². The monoisotopic (exact) mass is 267 g/mol. The maximum atomic E-state index is 9.86. The Labute approximate surface area is 109 Å². The number of hydrogen-bond donors (Lipinski definition) is 4. The molecule has 1 fully saturated rings. The van der Waals surface area contributed by atoms with E-state index in [9.17, 15) is 20.4 Å². The van der Waals surface area contributed by atoms with Crippen molar-refractivity contribution in [3.63, 3.8) is 0 Å². The summed E-state index contributed by atoms with van der Waals surface area (Å²) in [5, 5.41) is 39.0. The van der Waals surface area contributed by atoms with Gasteiger partial charge in [-0.25, -0.2) is 0 Å². The number of hydrogen-bond acceptors (Lipinski definition) is 5. The highest BCUT2D eigenvalue weighted by Crippen LogP contribution is 2.31. The molecule has 0 aromatic heterocycles. The van der Waals surface area contributed by atoms with Gasteiger partial charge in [0.05, 0.1) is 0 Å². The van der Waals surface area contributed by atoms with Crippen molar-refractivity contribution < 1.29 is 29.6 Å². The van der Waals surface area contributed by atoms with E-state index in [4.69, 9.17) is 9.16 Å². The van der Waals surface area contributed by atoms with Gasteiger partial charge >= 0.3 is 5.97 Å². The van der Waals surface area contributed by atoms with Gasteiger partial charge in [0.1, 0.15) is 17.8 Å². The number of aliphatic hydroxyl groups excluding tert-OH is 4. The van der Waals surface area contributed by atoms with Gasteiger partial charge in [0.25, 0.3) is 12.2 Å². The van der Waals surface area contributed by atoms with Gasteiger partial charge in [-0.15, -0.1) is 0 Å². The number of esters is 1. The Balaban J connectivity index is 1.90. The van der Waals surface area contributed by atoms with Crippen molar-refractivity contribution in [2.45, 2.75) is 36.6 Å². The fourth-order valence-electron chi connectivity index (χ4n) is 2.44. The van der Waals surface area contributed by atoms with E-state index >= 15 is 0 Å². The minimum Gasteiger partial charge on any atom is -0.387 e. The van der Waals surface area contributed by atoms with E-state index in [1.807, 2.05) is 6.07 Å². The fraction of sp³-hybridized carbons (Fsp3) is 0.462. The average molecular weight is 267 g/mol. The SMILES string of the molecule is O[C@H]1[C@H](O)[C@@H](O)[C@@H]2[O+]=C(c3ccccc3)O[C@@H]2[C@@H]1O. The van der Waals surface area contributed by atoms with Gasteiger partial charge in [-0.1, -0.05) is 18.2 Å². The molecule has 19 heavy (non-hydrogen) atoms. The molecular formula is C13H15O6+. The maximum absolute atomic E-state index is 9.86. The topological polar surface area (TPSA) is 101 Å². The van der Waals surface area contributed by atoms with Gasteiger partial charge in [0, 0.05) is 0 Å². The molecule has 1 aromatic carbocycles. The summed E-state index contributed by atoms with van der Waals surface area (Å²) in [5.41, 5.74) is 0.667. The zero-order valence-corrected chi connectivity index (χ0v) is 9.96. The van der Waals surface area contributed by atoms with Crippen LogP contribution in [0.25, 0.3) is 0 Å². The lowest BCUT2D eigenvalue weighted by Crippen LogP contribution is -2.62. The highest BCUT2D eigenvalue weighted by Gasteiger charge is 2.61. The van der Waals surface area contributed by atoms with E-state index in [1.54, 1.807) is 24.3 Å². The molecule has 0 unspecified atom stereocenters. The van der Waals surface area contributed by atoms with E-state index in [1.165, 1.54) is 0 Å². The molecule has 1 aromatic rings. The van der Waals surface area contributed by atoms with Crippen molar-refractivity contribution in [3.8, 4) is 0 Å². The van der Waals surface area contributed by atoms with Gasteiger partial charge in [-0.2, -0.15) is 0 Å². The normalized spacial score (nSPS) is 41.4. The molecule has 0 amide bonds. The van der Waals surface area contributed by atoms with Crippen LogP contribution in [0.2, 0.25) is 0 Å². The molecular weight excluding hydrogens is 252 g/mol. The number of benzene rings is 1. The molecule has 6 heteroatoms. The summed E-state index contributed by atoms with van der Waals surface area (Å²) < 4.78 is 10.9. The third-order valence-corrected chi connectivity index (χ3v) is 3.54. The van der Waals surface area contributed by atoms with Crippen LogP contribution in [-0.2, 0) is 4.74 Å². The first kappa shape index (κ1) is 12.6. The fourth-order valence-corrected chi connectivity index (χ4v) is 2.44. The van der Waals surface area contributed by atoms with Crippen LogP contribution >= 0.6 is 0 Å². The Bertz CT molecular complexity index is 487. The smallest absolute Gasteiger partial charge is 0.387 e. The summed E-state index contributed by atoms with van der Waals surface area (Å²) in [7, 11) is 0. The van der Waals surface area contributed by atoms with E-state index in [2.05, 4.69) is 0 Å². The second-order valence-corrected chi connectivity index (χ2v) is 4.78. The molecule has 102 valence electrons.